The van der Waals surface area contributed by atoms with Crippen LogP contribution < -0.4 is 4.46 Å². The van der Waals surface area contributed by atoms with Crippen LogP contribution in [0.25, 0.3) is 0 Å². The molecule has 0 bridgehead atoms. The SMILES string of the molecule is C[Se]c1ccccc1C(=O)O.Cl. The third kappa shape index (κ3) is 2.52. The van der Waals surface area contributed by atoms with Gasteiger partial charge in [-0.05, 0) is 0 Å². The van der Waals surface area contributed by atoms with E-state index in [0.29, 0.717) is 5.56 Å². The molecular formula is C8H9ClO2Se. The molecule has 0 atom stereocenters. The van der Waals surface area contributed by atoms with Crippen LogP contribution in [0.2, 0.25) is 5.82 Å². The Morgan fingerprint density at radius 1 is 1.42 bits per heavy atom. The molecule has 4 heteroatoms. The van der Waals surface area contributed by atoms with Gasteiger partial charge in [-0.15, -0.1) is 12.4 Å². The molecule has 2 nitrogen and oxygen atoms in total. The Morgan fingerprint density at radius 3 is 2.42 bits per heavy atom. The fourth-order valence-electron chi connectivity index (χ4n) is 0.821. The summed E-state index contributed by atoms with van der Waals surface area (Å²) >= 11 is 0.259. The van der Waals surface area contributed by atoms with Crippen LogP contribution in [0.15, 0.2) is 24.3 Å². The van der Waals surface area contributed by atoms with Crippen molar-refractivity contribution in [3.63, 3.8) is 0 Å². The Labute approximate surface area is 83.6 Å². The molecule has 0 spiro atoms. The number of benzene rings is 1. The predicted molar refractivity (Wildman–Crippen MR) is 51.9 cm³/mol. The number of rotatable bonds is 2. The number of carbonyl (C=O) groups is 1. The Kier molecular flexibility index (Phi) is 4.98. The van der Waals surface area contributed by atoms with Gasteiger partial charge in [-0.2, -0.15) is 0 Å². The van der Waals surface area contributed by atoms with Crippen molar-refractivity contribution in [3.8, 4) is 0 Å². The van der Waals surface area contributed by atoms with Crippen molar-refractivity contribution in [1.29, 1.82) is 0 Å². The molecule has 0 heterocycles. The van der Waals surface area contributed by atoms with E-state index in [1.165, 1.54) is 0 Å². The number of halogens is 1. The molecule has 0 saturated heterocycles. The van der Waals surface area contributed by atoms with Gasteiger partial charge in [0.2, 0.25) is 0 Å². The fraction of sp³-hybridized carbons (Fsp3) is 0.125. The summed E-state index contributed by atoms with van der Waals surface area (Å²) in [6, 6.07) is 7.12. The van der Waals surface area contributed by atoms with Crippen LogP contribution in [-0.2, 0) is 0 Å². The van der Waals surface area contributed by atoms with E-state index < -0.39 is 5.97 Å². The van der Waals surface area contributed by atoms with Crippen molar-refractivity contribution in [2.75, 3.05) is 0 Å². The molecule has 1 N–H and O–H groups in total. The van der Waals surface area contributed by atoms with Gasteiger partial charge < -0.3 is 0 Å². The average Bonchev–Trinajstić information content (AvgIpc) is 2.04. The van der Waals surface area contributed by atoms with Crippen LogP contribution in [0.1, 0.15) is 10.4 Å². The van der Waals surface area contributed by atoms with Gasteiger partial charge in [0, 0.05) is 0 Å². The first kappa shape index (κ1) is 11.5. The van der Waals surface area contributed by atoms with E-state index in [0.717, 1.165) is 4.46 Å². The molecule has 0 saturated carbocycles. The second kappa shape index (κ2) is 5.20. The van der Waals surface area contributed by atoms with Crippen molar-refractivity contribution >= 4 is 37.8 Å². The van der Waals surface area contributed by atoms with Gasteiger partial charge in [0.1, 0.15) is 0 Å². The Bertz CT molecular complexity index is 276. The van der Waals surface area contributed by atoms with Crippen molar-refractivity contribution in [1.82, 2.24) is 0 Å². The van der Waals surface area contributed by atoms with Crippen molar-refractivity contribution in [3.05, 3.63) is 29.8 Å². The van der Waals surface area contributed by atoms with E-state index in [4.69, 9.17) is 5.11 Å². The van der Waals surface area contributed by atoms with Gasteiger partial charge in [-0.3, -0.25) is 0 Å². The maximum absolute atomic E-state index is 10.6. The summed E-state index contributed by atoms with van der Waals surface area (Å²) in [5, 5.41) is 8.71. The second-order valence-corrected chi connectivity index (χ2v) is 3.78. The molecule has 0 unspecified atom stereocenters. The molecule has 0 aromatic heterocycles. The van der Waals surface area contributed by atoms with E-state index in [-0.39, 0.29) is 27.4 Å². The molecular weight excluding hydrogens is 242 g/mol. The molecule has 0 radical (unpaired) electrons. The van der Waals surface area contributed by atoms with Crippen molar-refractivity contribution in [2.24, 2.45) is 0 Å². The van der Waals surface area contributed by atoms with Gasteiger partial charge in [-0.25, -0.2) is 0 Å². The molecule has 66 valence electrons. The number of carboxylic acid groups (broad SMARTS) is 1. The van der Waals surface area contributed by atoms with Crippen LogP contribution in [0.5, 0.6) is 0 Å². The first-order valence-corrected chi connectivity index (χ1v) is 5.69. The zero-order valence-electron chi connectivity index (χ0n) is 6.48. The maximum atomic E-state index is 10.6. The minimum absolute atomic E-state index is 0. The molecule has 0 aliphatic rings. The number of aromatic carboxylic acids is 1. The van der Waals surface area contributed by atoms with E-state index >= 15 is 0 Å². The summed E-state index contributed by atoms with van der Waals surface area (Å²) < 4.78 is 0.951. The summed E-state index contributed by atoms with van der Waals surface area (Å²) in [6.45, 7) is 0. The van der Waals surface area contributed by atoms with Crippen LogP contribution in [0.3, 0.4) is 0 Å². The third-order valence-electron chi connectivity index (χ3n) is 1.34. The third-order valence-corrected chi connectivity index (χ3v) is 3.01. The summed E-state index contributed by atoms with van der Waals surface area (Å²) in [6.07, 6.45) is 0. The molecule has 0 fully saturated rings. The van der Waals surface area contributed by atoms with Gasteiger partial charge in [0.05, 0.1) is 0 Å². The fourth-order valence-corrected chi connectivity index (χ4v) is 2.06. The first-order chi connectivity index (χ1) is 5.25. The number of carboxylic acids is 1. The van der Waals surface area contributed by atoms with E-state index in [9.17, 15) is 4.79 Å². The van der Waals surface area contributed by atoms with Crippen molar-refractivity contribution < 1.29 is 9.90 Å². The maximum Gasteiger partial charge on any atom is -0.147 e. The standard InChI is InChI=1S/C8H8O2Se.ClH/c1-11-7-5-3-2-4-6(7)8(9)10;/h2-5H,1H3,(H,9,10);1H. The monoisotopic (exact) mass is 252 g/mol. The molecule has 0 amide bonds. The summed E-state index contributed by atoms with van der Waals surface area (Å²) in [4.78, 5) is 10.6. The molecule has 0 aliphatic heterocycles. The molecule has 0 aliphatic carbocycles. The van der Waals surface area contributed by atoms with Crippen LogP contribution in [0.4, 0.5) is 0 Å². The first-order valence-electron chi connectivity index (χ1n) is 3.12. The topological polar surface area (TPSA) is 37.3 Å². The minimum Gasteiger partial charge on any atom is -0.147 e. The molecule has 1 aromatic carbocycles. The van der Waals surface area contributed by atoms with E-state index in [2.05, 4.69) is 0 Å². The summed E-state index contributed by atoms with van der Waals surface area (Å²) in [5.74, 6) is 1.18. The molecule has 1 rings (SSSR count). The van der Waals surface area contributed by atoms with Gasteiger partial charge in [0.25, 0.3) is 0 Å². The normalized spacial score (nSPS) is 8.75. The smallest absolute Gasteiger partial charge is 0.147 e. The van der Waals surface area contributed by atoms with Crippen LogP contribution in [-0.4, -0.2) is 26.0 Å². The minimum atomic E-state index is -0.829. The summed E-state index contributed by atoms with van der Waals surface area (Å²) in [7, 11) is 0. The van der Waals surface area contributed by atoms with Crippen molar-refractivity contribution in [2.45, 2.75) is 5.82 Å². The van der Waals surface area contributed by atoms with E-state index in [1.807, 2.05) is 18.0 Å². The second-order valence-electron chi connectivity index (χ2n) is 2.01. The van der Waals surface area contributed by atoms with Gasteiger partial charge >= 0.3 is 70.9 Å². The summed E-state index contributed by atoms with van der Waals surface area (Å²) in [5.41, 5.74) is 0.440. The Balaban J connectivity index is 0.00000121. The number of hydrogen-bond acceptors (Lipinski definition) is 1. The van der Waals surface area contributed by atoms with Crippen LogP contribution in [0, 0.1) is 0 Å². The van der Waals surface area contributed by atoms with Crippen LogP contribution >= 0.6 is 12.4 Å². The van der Waals surface area contributed by atoms with Gasteiger partial charge in [-0.1, -0.05) is 0 Å². The Hall–Kier alpha value is -0.501. The average molecular weight is 252 g/mol. The zero-order chi connectivity index (χ0) is 8.27. The predicted octanol–water partition coefficient (Wildman–Crippen LogP) is 1.18. The molecule has 12 heavy (non-hydrogen) atoms. The molecule has 1 aromatic rings. The number of hydrogen-bond donors (Lipinski definition) is 1. The largest absolute Gasteiger partial charge is 0.147 e. The zero-order valence-corrected chi connectivity index (χ0v) is 9.01. The quantitative estimate of drug-likeness (QED) is 0.802. The van der Waals surface area contributed by atoms with E-state index in [1.54, 1.807) is 12.1 Å². The Morgan fingerprint density at radius 2 is 2.00 bits per heavy atom. The van der Waals surface area contributed by atoms with Gasteiger partial charge in [0.15, 0.2) is 0 Å².